The van der Waals surface area contributed by atoms with Crippen molar-refractivity contribution in [1.29, 1.82) is 0 Å². The second-order valence-corrected chi connectivity index (χ2v) is 2.25. The lowest BCUT2D eigenvalue weighted by Crippen LogP contribution is -2.13. The number of hydrogen-bond donors (Lipinski definition) is 0. The fourth-order valence-corrected chi connectivity index (χ4v) is 1.06. The largest absolute Gasteiger partial charge is 0.471 e. The zero-order valence-corrected chi connectivity index (χ0v) is 5.58. The minimum Gasteiger partial charge on any atom is -0.471 e. The van der Waals surface area contributed by atoms with Gasteiger partial charge < -0.3 is 4.74 Å². The average molecular weight is 134 g/mol. The Balaban J connectivity index is 2.32. The molecule has 2 aliphatic rings. The van der Waals surface area contributed by atoms with Gasteiger partial charge >= 0.3 is 0 Å². The minimum absolute atomic E-state index is 0.475. The lowest BCUT2D eigenvalue weighted by molar-refractivity contribution is 0.194. The van der Waals surface area contributed by atoms with Crippen LogP contribution in [0.15, 0.2) is 35.8 Å². The molecule has 0 N–H and O–H groups in total. The first-order chi connectivity index (χ1) is 4.97. The Morgan fingerprint density at radius 2 is 2.50 bits per heavy atom. The molecule has 1 heterocycles. The van der Waals surface area contributed by atoms with Crippen LogP contribution in [0.4, 0.5) is 0 Å². The van der Waals surface area contributed by atoms with Crippen LogP contribution in [0.3, 0.4) is 0 Å². The van der Waals surface area contributed by atoms with Crippen molar-refractivity contribution in [2.75, 3.05) is 6.73 Å². The number of ether oxygens (including phenoxy) is 1. The van der Waals surface area contributed by atoms with E-state index in [1.165, 1.54) is 0 Å². The van der Waals surface area contributed by atoms with E-state index in [0.717, 1.165) is 17.8 Å². The number of hydrogen-bond acceptors (Lipinski definition) is 1. The van der Waals surface area contributed by atoms with E-state index in [4.69, 9.17) is 4.74 Å². The first kappa shape index (κ1) is 5.59. The number of fused-ring (bicyclic) bond motifs is 1. The number of nitrogens with zero attached hydrogens (tertiary/aromatic N) is 1. The number of allylic oxidation sites excluding steroid dienone is 3. The molecule has 0 spiro atoms. The molecule has 1 radical (unpaired) electrons. The van der Waals surface area contributed by atoms with Crippen molar-refractivity contribution in [3.63, 3.8) is 0 Å². The average Bonchev–Trinajstić information content (AvgIpc) is 2.05. The highest BCUT2D eigenvalue weighted by atomic mass is 16.5. The van der Waals surface area contributed by atoms with E-state index in [1.807, 2.05) is 12.3 Å². The molecule has 0 saturated carbocycles. The Bertz CT molecular complexity index is 225. The summed E-state index contributed by atoms with van der Waals surface area (Å²) in [4.78, 5) is 0. The smallest absolute Gasteiger partial charge is 0.179 e. The maximum absolute atomic E-state index is 5.26. The standard InChI is InChI=1S/C8H8NO/c1-2-4-8-7(3-1)5-9-6-10-8/h1,3-5H,2,6H2. The highest BCUT2D eigenvalue weighted by Crippen LogP contribution is 2.20. The first-order valence-electron chi connectivity index (χ1n) is 3.33. The van der Waals surface area contributed by atoms with Crippen LogP contribution in [0.5, 0.6) is 0 Å². The van der Waals surface area contributed by atoms with E-state index in [2.05, 4.69) is 17.5 Å². The van der Waals surface area contributed by atoms with Gasteiger partial charge in [-0.1, -0.05) is 12.2 Å². The van der Waals surface area contributed by atoms with E-state index < -0.39 is 0 Å². The van der Waals surface area contributed by atoms with Crippen molar-refractivity contribution in [2.24, 2.45) is 0 Å². The van der Waals surface area contributed by atoms with Crippen LogP contribution in [-0.2, 0) is 4.74 Å². The van der Waals surface area contributed by atoms with Crippen LogP contribution in [0.25, 0.3) is 0 Å². The quantitative estimate of drug-likeness (QED) is 0.490. The van der Waals surface area contributed by atoms with Crippen LogP contribution in [0.1, 0.15) is 6.42 Å². The molecule has 0 saturated heterocycles. The van der Waals surface area contributed by atoms with Crippen LogP contribution < -0.4 is 5.32 Å². The third-order valence-electron chi connectivity index (χ3n) is 1.55. The molecular formula is C8H8NO. The predicted molar refractivity (Wildman–Crippen MR) is 38.0 cm³/mol. The van der Waals surface area contributed by atoms with Gasteiger partial charge in [0.1, 0.15) is 5.76 Å². The van der Waals surface area contributed by atoms with Gasteiger partial charge in [-0.05, 0) is 12.5 Å². The lowest BCUT2D eigenvalue weighted by atomic mass is 10.1. The fourth-order valence-electron chi connectivity index (χ4n) is 1.06. The lowest BCUT2D eigenvalue weighted by Gasteiger charge is -2.17. The molecule has 1 aliphatic heterocycles. The normalized spacial score (nSPS) is 21.6. The fraction of sp³-hybridized carbons (Fsp3) is 0.250. The summed E-state index contributed by atoms with van der Waals surface area (Å²) in [5.41, 5.74) is 1.09. The van der Waals surface area contributed by atoms with Crippen LogP contribution in [0.2, 0.25) is 0 Å². The van der Waals surface area contributed by atoms with Crippen molar-refractivity contribution in [1.82, 2.24) is 5.32 Å². The Morgan fingerprint density at radius 1 is 1.50 bits per heavy atom. The molecule has 0 aromatic carbocycles. The summed E-state index contributed by atoms with van der Waals surface area (Å²) in [5, 5.41) is 3.99. The van der Waals surface area contributed by atoms with E-state index in [-0.39, 0.29) is 0 Å². The summed E-state index contributed by atoms with van der Waals surface area (Å²) >= 11 is 0. The molecule has 0 aromatic rings. The zero-order valence-electron chi connectivity index (χ0n) is 5.58. The second kappa shape index (κ2) is 2.21. The van der Waals surface area contributed by atoms with E-state index in [9.17, 15) is 0 Å². The molecule has 2 heteroatoms. The van der Waals surface area contributed by atoms with E-state index >= 15 is 0 Å². The van der Waals surface area contributed by atoms with Crippen LogP contribution in [0, 0.1) is 0 Å². The van der Waals surface area contributed by atoms with Gasteiger partial charge in [0.15, 0.2) is 6.73 Å². The molecule has 0 bridgehead atoms. The molecular weight excluding hydrogens is 126 g/mol. The third-order valence-corrected chi connectivity index (χ3v) is 1.55. The summed E-state index contributed by atoms with van der Waals surface area (Å²) in [6, 6.07) is 0. The molecule has 0 atom stereocenters. The molecule has 0 amide bonds. The van der Waals surface area contributed by atoms with Gasteiger partial charge in [-0.3, -0.25) is 5.32 Å². The molecule has 0 fully saturated rings. The van der Waals surface area contributed by atoms with Crippen molar-refractivity contribution < 1.29 is 4.74 Å². The van der Waals surface area contributed by atoms with Gasteiger partial charge in [-0.2, -0.15) is 0 Å². The zero-order chi connectivity index (χ0) is 6.81. The predicted octanol–water partition coefficient (Wildman–Crippen LogP) is 1.31. The van der Waals surface area contributed by atoms with Gasteiger partial charge in [0.25, 0.3) is 0 Å². The summed E-state index contributed by atoms with van der Waals surface area (Å²) in [5.74, 6) is 0.984. The Labute approximate surface area is 59.9 Å². The molecule has 0 aromatic heterocycles. The van der Waals surface area contributed by atoms with Gasteiger partial charge in [-0.25, -0.2) is 0 Å². The molecule has 51 valence electrons. The topological polar surface area (TPSA) is 23.3 Å². The molecule has 2 rings (SSSR count). The van der Waals surface area contributed by atoms with Gasteiger partial charge in [0.2, 0.25) is 0 Å². The van der Waals surface area contributed by atoms with Crippen molar-refractivity contribution in [3.8, 4) is 0 Å². The van der Waals surface area contributed by atoms with Gasteiger partial charge in [-0.15, -0.1) is 0 Å². The molecule has 1 aliphatic carbocycles. The maximum Gasteiger partial charge on any atom is 0.179 e. The SMILES string of the molecule is C1=CC2=C[N]COC2=CC1. The Kier molecular flexibility index (Phi) is 1.24. The summed E-state index contributed by atoms with van der Waals surface area (Å²) in [6.45, 7) is 0.475. The van der Waals surface area contributed by atoms with Crippen molar-refractivity contribution in [2.45, 2.75) is 6.42 Å². The molecule has 10 heavy (non-hydrogen) atoms. The third kappa shape index (κ3) is 0.817. The molecule has 2 nitrogen and oxygen atoms in total. The molecule has 0 unspecified atom stereocenters. The monoisotopic (exact) mass is 134 g/mol. The summed E-state index contributed by atoms with van der Waals surface area (Å²) < 4.78 is 5.26. The van der Waals surface area contributed by atoms with Gasteiger partial charge in [0, 0.05) is 11.8 Å². The first-order valence-corrected chi connectivity index (χ1v) is 3.33. The summed E-state index contributed by atoms with van der Waals surface area (Å²) in [7, 11) is 0. The van der Waals surface area contributed by atoms with Gasteiger partial charge in [0.05, 0.1) is 0 Å². The Hall–Kier alpha value is -1.18. The van der Waals surface area contributed by atoms with Crippen LogP contribution in [-0.4, -0.2) is 6.73 Å². The van der Waals surface area contributed by atoms with E-state index in [0.29, 0.717) is 6.73 Å². The maximum atomic E-state index is 5.26. The van der Waals surface area contributed by atoms with E-state index in [1.54, 1.807) is 0 Å². The van der Waals surface area contributed by atoms with Crippen LogP contribution >= 0.6 is 0 Å². The van der Waals surface area contributed by atoms with Crippen molar-refractivity contribution >= 4 is 0 Å². The Morgan fingerprint density at radius 3 is 3.40 bits per heavy atom. The number of rotatable bonds is 0. The highest BCUT2D eigenvalue weighted by molar-refractivity contribution is 5.39. The minimum atomic E-state index is 0.475. The second-order valence-electron chi connectivity index (χ2n) is 2.25. The summed E-state index contributed by atoms with van der Waals surface area (Å²) in [6.07, 6.45) is 9.04. The van der Waals surface area contributed by atoms with Crippen molar-refractivity contribution in [3.05, 3.63) is 35.8 Å². The highest BCUT2D eigenvalue weighted by Gasteiger charge is 2.10.